The number of aromatic hydroxyl groups is 1. The number of nitrogens with zero attached hydrogens (tertiary/aromatic N) is 1. The fraction of sp³-hybridized carbons (Fsp3) is 0.400. The fourth-order valence-corrected chi connectivity index (χ4v) is 4.49. The molecule has 2 unspecified atom stereocenters. The van der Waals surface area contributed by atoms with Crippen LogP contribution in [0.2, 0.25) is 0 Å². The van der Waals surface area contributed by atoms with Crippen LogP contribution in [0.25, 0.3) is 0 Å². The van der Waals surface area contributed by atoms with Crippen molar-refractivity contribution in [2.24, 2.45) is 0 Å². The predicted octanol–water partition coefficient (Wildman–Crippen LogP) is 4.53. The largest absolute Gasteiger partial charge is 0.507 e. The zero-order chi connectivity index (χ0) is 17.9. The van der Waals surface area contributed by atoms with E-state index in [2.05, 4.69) is 18.7 Å². The smallest absolute Gasteiger partial charge is 0.123 e. The molecule has 0 aromatic heterocycles. The molecule has 130 valence electrons. The Hall–Kier alpha value is -1.44. The minimum absolute atomic E-state index is 0.172. The molecule has 0 fully saturated rings. The van der Waals surface area contributed by atoms with E-state index in [0.717, 1.165) is 28.4 Å². The van der Waals surface area contributed by atoms with Gasteiger partial charge in [0, 0.05) is 17.3 Å². The van der Waals surface area contributed by atoms with E-state index in [-0.39, 0.29) is 11.0 Å². The van der Waals surface area contributed by atoms with E-state index in [9.17, 15) is 9.50 Å². The van der Waals surface area contributed by atoms with Gasteiger partial charge in [0.15, 0.2) is 0 Å². The number of hydrogen-bond donors (Lipinski definition) is 1. The summed E-state index contributed by atoms with van der Waals surface area (Å²) in [5, 5.41) is 11.5. The molecule has 0 saturated carbocycles. The topological polar surface area (TPSA) is 23.5 Å². The number of halogens is 1. The second-order valence-corrected chi connectivity index (χ2v) is 8.71. The number of para-hydroxylation sites is 1. The van der Waals surface area contributed by atoms with Crippen molar-refractivity contribution >= 4 is 13.9 Å². The van der Waals surface area contributed by atoms with Gasteiger partial charge in [-0.15, -0.1) is 0 Å². The van der Waals surface area contributed by atoms with Gasteiger partial charge in [-0.25, -0.2) is 4.39 Å². The molecule has 4 heteroatoms. The van der Waals surface area contributed by atoms with Crippen LogP contribution in [-0.4, -0.2) is 24.1 Å². The minimum Gasteiger partial charge on any atom is -0.507 e. The van der Waals surface area contributed by atoms with Crippen LogP contribution in [0.1, 0.15) is 37.0 Å². The first-order chi connectivity index (χ1) is 11.3. The first-order valence-corrected chi connectivity index (χ1v) is 9.27. The quantitative estimate of drug-likeness (QED) is 0.776. The van der Waals surface area contributed by atoms with Gasteiger partial charge in [-0.2, -0.15) is 0 Å². The summed E-state index contributed by atoms with van der Waals surface area (Å²) in [7, 11) is 4.44. The maximum Gasteiger partial charge on any atom is 0.123 e. The predicted molar refractivity (Wildman–Crippen MR) is 102 cm³/mol. The van der Waals surface area contributed by atoms with Gasteiger partial charge in [-0.3, -0.25) is 0 Å². The van der Waals surface area contributed by atoms with Crippen molar-refractivity contribution in [3.8, 4) is 5.75 Å². The molecule has 0 heterocycles. The van der Waals surface area contributed by atoms with E-state index in [1.807, 2.05) is 45.3 Å². The Kier molecular flexibility index (Phi) is 6.01. The van der Waals surface area contributed by atoms with Crippen LogP contribution in [0.3, 0.4) is 0 Å². The Morgan fingerprint density at radius 3 is 2.54 bits per heavy atom. The Bertz CT molecular complexity index is 717. The number of phenols is 1. The second-order valence-electron chi connectivity index (χ2n) is 6.82. The maximum atomic E-state index is 13.7. The van der Waals surface area contributed by atoms with Gasteiger partial charge >= 0.3 is 0 Å². The van der Waals surface area contributed by atoms with Crippen molar-refractivity contribution < 1.29 is 9.50 Å². The highest BCUT2D eigenvalue weighted by Gasteiger charge is 2.29. The van der Waals surface area contributed by atoms with Crippen molar-refractivity contribution in [2.75, 3.05) is 14.1 Å². The molecule has 0 radical (unpaired) electrons. The zero-order valence-electron chi connectivity index (χ0n) is 15.2. The molecule has 2 aromatic carbocycles. The van der Waals surface area contributed by atoms with Crippen LogP contribution >= 0.6 is 8.58 Å². The molecule has 2 atom stereocenters. The summed E-state index contributed by atoms with van der Waals surface area (Å²) < 4.78 is 13.7. The third-order valence-corrected chi connectivity index (χ3v) is 6.44. The van der Waals surface area contributed by atoms with Crippen LogP contribution in [0.4, 0.5) is 4.39 Å². The van der Waals surface area contributed by atoms with Gasteiger partial charge < -0.3 is 10.0 Å². The van der Waals surface area contributed by atoms with E-state index in [1.165, 1.54) is 6.07 Å². The van der Waals surface area contributed by atoms with Crippen LogP contribution < -0.4 is 5.30 Å². The van der Waals surface area contributed by atoms with Crippen molar-refractivity contribution in [3.63, 3.8) is 0 Å². The van der Waals surface area contributed by atoms with Crippen LogP contribution in [0.15, 0.2) is 36.4 Å². The van der Waals surface area contributed by atoms with Gasteiger partial charge in [-0.05, 0) is 56.0 Å². The van der Waals surface area contributed by atoms with E-state index >= 15 is 0 Å². The second kappa shape index (κ2) is 7.63. The number of rotatable bonds is 6. The van der Waals surface area contributed by atoms with Crippen LogP contribution in [0.5, 0.6) is 5.75 Å². The van der Waals surface area contributed by atoms with Gasteiger partial charge in [0.1, 0.15) is 11.6 Å². The first kappa shape index (κ1) is 18.9. The lowest BCUT2D eigenvalue weighted by atomic mass is 9.94. The molecule has 2 nitrogen and oxygen atoms in total. The third-order valence-electron chi connectivity index (χ3n) is 4.50. The highest BCUT2D eigenvalue weighted by molar-refractivity contribution is 7.48. The SMILES string of the molecule is CCC(C)(Pc1ccc(F)cc1CN(C)C)c1cccc(C)c1O. The highest BCUT2D eigenvalue weighted by Crippen LogP contribution is 2.48. The molecule has 0 spiro atoms. The zero-order valence-corrected chi connectivity index (χ0v) is 16.2. The number of aryl methyl sites for hydroxylation is 1. The first-order valence-electron chi connectivity index (χ1n) is 8.27. The van der Waals surface area contributed by atoms with Gasteiger partial charge in [0.25, 0.3) is 0 Å². The van der Waals surface area contributed by atoms with Crippen molar-refractivity contribution in [1.82, 2.24) is 4.90 Å². The third kappa shape index (κ3) is 4.15. The molecule has 0 saturated heterocycles. The van der Waals surface area contributed by atoms with Crippen LogP contribution in [-0.2, 0) is 11.7 Å². The summed E-state index contributed by atoms with van der Waals surface area (Å²) in [6.07, 6.45) is 0.904. The Labute approximate surface area is 146 Å². The van der Waals surface area contributed by atoms with E-state index < -0.39 is 0 Å². The van der Waals surface area contributed by atoms with E-state index in [0.29, 0.717) is 20.9 Å². The molecule has 0 aliphatic heterocycles. The summed E-state index contributed by atoms with van der Waals surface area (Å²) in [6.45, 7) is 6.96. The van der Waals surface area contributed by atoms with E-state index in [4.69, 9.17) is 0 Å². The molecule has 0 aliphatic rings. The molecule has 1 N–H and O–H groups in total. The van der Waals surface area contributed by atoms with Gasteiger partial charge in [0.2, 0.25) is 0 Å². The average Bonchev–Trinajstić information content (AvgIpc) is 2.52. The highest BCUT2D eigenvalue weighted by atomic mass is 31.1. The lowest BCUT2D eigenvalue weighted by Crippen LogP contribution is -2.23. The number of phenolic OH excluding ortho intramolecular Hbond substituents is 1. The summed E-state index contributed by atoms with van der Waals surface area (Å²) in [5.41, 5.74) is 2.89. The normalized spacial score (nSPS) is 14.5. The maximum absolute atomic E-state index is 13.7. The summed E-state index contributed by atoms with van der Waals surface area (Å²) in [5.74, 6) is 0.183. The lowest BCUT2D eigenvalue weighted by molar-refractivity contribution is 0.402. The van der Waals surface area contributed by atoms with Gasteiger partial charge in [-0.1, -0.05) is 46.7 Å². The minimum atomic E-state index is -0.197. The molecule has 24 heavy (non-hydrogen) atoms. The molecule has 2 rings (SSSR count). The average molecular weight is 347 g/mol. The molecule has 0 aliphatic carbocycles. The number of benzene rings is 2. The fourth-order valence-electron chi connectivity index (χ4n) is 2.90. The number of hydrogen-bond acceptors (Lipinski definition) is 2. The Balaban J connectivity index is 2.45. The van der Waals surface area contributed by atoms with Gasteiger partial charge in [0.05, 0.1) is 0 Å². The summed E-state index contributed by atoms with van der Waals surface area (Å²) in [6, 6.07) is 11.0. The molecule has 0 bridgehead atoms. The molecular weight excluding hydrogens is 320 g/mol. The molecule has 2 aromatic rings. The van der Waals surface area contributed by atoms with Crippen molar-refractivity contribution in [1.29, 1.82) is 0 Å². The Morgan fingerprint density at radius 2 is 1.92 bits per heavy atom. The van der Waals surface area contributed by atoms with Crippen LogP contribution in [0, 0.1) is 12.7 Å². The Morgan fingerprint density at radius 1 is 1.21 bits per heavy atom. The lowest BCUT2D eigenvalue weighted by Gasteiger charge is -2.31. The van der Waals surface area contributed by atoms with Crippen molar-refractivity contribution in [2.45, 2.75) is 38.9 Å². The van der Waals surface area contributed by atoms with Crippen molar-refractivity contribution in [3.05, 3.63) is 58.9 Å². The molecule has 0 amide bonds. The van der Waals surface area contributed by atoms with E-state index in [1.54, 1.807) is 6.07 Å². The molecular formula is C20H27FNOP. The standard InChI is InChI=1S/C20H27FNOP/c1-6-20(3,17-9-7-8-14(2)19(17)23)24-18-11-10-16(21)12-15(18)13-22(4)5/h7-12,23-24H,6,13H2,1-5H3. The monoisotopic (exact) mass is 347 g/mol. The summed E-state index contributed by atoms with van der Waals surface area (Å²) >= 11 is 0. The summed E-state index contributed by atoms with van der Waals surface area (Å²) in [4.78, 5) is 2.05.